The molecule has 2 aromatic rings. The summed E-state index contributed by atoms with van der Waals surface area (Å²) in [7, 11) is 0. The van der Waals surface area contributed by atoms with Gasteiger partial charge < -0.3 is 14.6 Å². The predicted molar refractivity (Wildman–Crippen MR) is 99.4 cm³/mol. The molecule has 0 unspecified atom stereocenters. The summed E-state index contributed by atoms with van der Waals surface area (Å²) >= 11 is 12.0. The quantitative estimate of drug-likeness (QED) is 0.811. The molecule has 1 amide bonds. The Balaban J connectivity index is 1.45. The fourth-order valence-electron chi connectivity index (χ4n) is 2.90. The molecule has 1 aliphatic heterocycles. The van der Waals surface area contributed by atoms with Gasteiger partial charge in [-0.2, -0.15) is 0 Å². The minimum Gasteiger partial charge on any atom is -0.374 e. The number of rotatable bonds is 6. The molecule has 1 aromatic heterocycles. The van der Waals surface area contributed by atoms with E-state index in [9.17, 15) is 4.79 Å². The highest BCUT2D eigenvalue weighted by Crippen LogP contribution is 2.23. The summed E-state index contributed by atoms with van der Waals surface area (Å²) in [5.41, 5.74) is 1.73. The summed E-state index contributed by atoms with van der Waals surface area (Å²) in [5, 5.41) is 7.84. The molecule has 1 aromatic carbocycles. The van der Waals surface area contributed by atoms with Crippen LogP contribution in [-0.4, -0.2) is 48.3 Å². The standard InChI is InChI=1S/C18H21Cl2N3O3/c1-12-6-14(22-26-12)8-18(24)21-9-15-11-23(4-5-25-15)10-13-2-3-16(19)17(20)7-13/h2-3,6-7,15H,4-5,8-11H2,1H3,(H,21,24)/t15-/m0/s1. The Kier molecular flexibility index (Phi) is 6.53. The first-order valence-corrected chi connectivity index (χ1v) is 9.22. The number of morpholine rings is 1. The maximum atomic E-state index is 12.0. The molecule has 1 saturated heterocycles. The van der Waals surface area contributed by atoms with Gasteiger partial charge in [-0.1, -0.05) is 34.4 Å². The molecule has 2 heterocycles. The van der Waals surface area contributed by atoms with E-state index in [-0.39, 0.29) is 18.4 Å². The summed E-state index contributed by atoms with van der Waals surface area (Å²) in [6.07, 6.45) is 0.159. The van der Waals surface area contributed by atoms with E-state index >= 15 is 0 Å². The van der Waals surface area contributed by atoms with Crippen LogP contribution in [0.25, 0.3) is 0 Å². The number of halogens is 2. The first-order valence-electron chi connectivity index (χ1n) is 8.46. The van der Waals surface area contributed by atoms with Crippen LogP contribution in [0.4, 0.5) is 0 Å². The van der Waals surface area contributed by atoms with Crippen molar-refractivity contribution >= 4 is 29.1 Å². The second-order valence-corrected chi connectivity index (χ2v) is 7.20. The normalized spacial score (nSPS) is 18.0. The van der Waals surface area contributed by atoms with Crippen molar-refractivity contribution in [1.29, 1.82) is 0 Å². The minimum absolute atomic E-state index is 0.0467. The van der Waals surface area contributed by atoms with Crippen molar-refractivity contribution in [2.75, 3.05) is 26.2 Å². The summed E-state index contributed by atoms with van der Waals surface area (Å²) in [6, 6.07) is 7.43. The lowest BCUT2D eigenvalue weighted by Crippen LogP contribution is -2.47. The third kappa shape index (κ3) is 5.45. The Morgan fingerprint density at radius 3 is 2.92 bits per heavy atom. The number of nitrogens with one attached hydrogen (secondary N) is 1. The molecule has 0 saturated carbocycles. The van der Waals surface area contributed by atoms with Crippen molar-refractivity contribution in [3.8, 4) is 0 Å². The second-order valence-electron chi connectivity index (χ2n) is 6.39. The van der Waals surface area contributed by atoms with Crippen LogP contribution < -0.4 is 5.32 Å². The zero-order valence-electron chi connectivity index (χ0n) is 14.5. The van der Waals surface area contributed by atoms with Crippen molar-refractivity contribution in [3.63, 3.8) is 0 Å². The molecule has 26 heavy (non-hydrogen) atoms. The summed E-state index contributed by atoms with van der Waals surface area (Å²) < 4.78 is 10.7. The SMILES string of the molecule is Cc1cc(CC(=O)NC[C@H]2CN(Cc3ccc(Cl)c(Cl)c3)CCO2)no1. The van der Waals surface area contributed by atoms with E-state index in [0.29, 0.717) is 34.7 Å². The lowest BCUT2D eigenvalue weighted by Gasteiger charge is -2.33. The van der Waals surface area contributed by atoms with Gasteiger partial charge in [0.15, 0.2) is 0 Å². The van der Waals surface area contributed by atoms with Crippen LogP contribution in [0.3, 0.4) is 0 Å². The molecule has 1 N–H and O–H groups in total. The van der Waals surface area contributed by atoms with Gasteiger partial charge in [0.05, 0.1) is 34.9 Å². The van der Waals surface area contributed by atoms with Gasteiger partial charge in [-0.05, 0) is 24.6 Å². The lowest BCUT2D eigenvalue weighted by molar-refractivity contribution is -0.121. The van der Waals surface area contributed by atoms with E-state index in [0.717, 1.165) is 25.2 Å². The summed E-state index contributed by atoms with van der Waals surface area (Å²) in [6.45, 7) is 5.24. The molecule has 1 atom stereocenters. The molecule has 1 aliphatic rings. The third-order valence-electron chi connectivity index (χ3n) is 4.16. The monoisotopic (exact) mass is 397 g/mol. The Morgan fingerprint density at radius 1 is 1.35 bits per heavy atom. The molecular weight excluding hydrogens is 377 g/mol. The van der Waals surface area contributed by atoms with Gasteiger partial charge in [-0.25, -0.2) is 0 Å². The average Bonchev–Trinajstić information content (AvgIpc) is 3.01. The van der Waals surface area contributed by atoms with E-state index < -0.39 is 0 Å². The van der Waals surface area contributed by atoms with Crippen LogP contribution in [0.5, 0.6) is 0 Å². The maximum Gasteiger partial charge on any atom is 0.226 e. The van der Waals surface area contributed by atoms with Gasteiger partial charge in [-0.15, -0.1) is 0 Å². The number of ether oxygens (including phenoxy) is 1. The molecule has 140 valence electrons. The summed E-state index contributed by atoms with van der Waals surface area (Å²) in [5.74, 6) is 0.602. The number of benzene rings is 1. The fraction of sp³-hybridized carbons (Fsp3) is 0.444. The number of hydrogen-bond donors (Lipinski definition) is 1. The van der Waals surface area contributed by atoms with Gasteiger partial charge >= 0.3 is 0 Å². The highest BCUT2D eigenvalue weighted by atomic mass is 35.5. The van der Waals surface area contributed by atoms with Crippen molar-refractivity contribution in [1.82, 2.24) is 15.4 Å². The molecular formula is C18H21Cl2N3O3. The topological polar surface area (TPSA) is 67.6 Å². The zero-order chi connectivity index (χ0) is 18.5. The number of aryl methyl sites for hydroxylation is 1. The Bertz CT molecular complexity index is 766. The second kappa shape index (κ2) is 8.86. The number of carbonyl (C=O) groups excluding carboxylic acids is 1. The Morgan fingerprint density at radius 2 is 2.19 bits per heavy atom. The maximum absolute atomic E-state index is 12.0. The third-order valence-corrected chi connectivity index (χ3v) is 4.90. The van der Waals surface area contributed by atoms with E-state index in [1.165, 1.54) is 0 Å². The van der Waals surface area contributed by atoms with E-state index in [4.69, 9.17) is 32.5 Å². The highest BCUT2D eigenvalue weighted by molar-refractivity contribution is 6.42. The number of aromatic nitrogens is 1. The molecule has 6 nitrogen and oxygen atoms in total. The van der Waals surface area contributed by atoms with Crippen LogP contribution in [0.2, 0.25) is 10.0 Å². The Hall–Kier alpha value is -1.60. The van der Waals surface area contributed by atoms with Crippen LogP contribution in [-0.2, 0) is 22.5 Å². The van der Waals surface area contributed by atoms with Gasteiger partial charge in [0, 0.05) is 32.2 Å². The molecule has 0 radical (unpaired) electrons. The van der Waals surface area contributed by atoms with Crippen LogP contribution in [0.15, 0.2) is 28.8 Å². The van der Waals surface area contributed by atoms with E-state index in [1.807, 2.05) is 18.2 Å². The number of nitrogens with zero attached hydrogens (tertiary/aromatic N) is 2. The number of carbonyl (C=O) groups is 1. The van der Waals surface area contributed by atoms with E-state index in [2.05, 4.69) is 15.4 Å². The largest absolute Gasteiger partial charge is 0.374 e. The zero-order valence-corrected chi connectivity index (χ0v) is 16.0. The molecule has 0 aliphatic carbocycles. The van der Waals surface area contributed by atoms with Crippen LogP contribution >= 0.6 is 23.2 Å². The summed E-state index contributed by atoms with van der Waals surface area (Å²) in [4.78, 5) is 14.3. The molecule has 8 heteroatoms. The lowest BCUT2D eigenvalue weighted by atomic mass is 10.2. The van der Waals surface area contributed by atoms with E-state index in [1.54, 1.807) is 13.0 Å². The van der Waals surface area contributed by atoms with Gasteiger partial charge in [0.1, 0.15) is 5.76 Å². The van der Waals surface area contributed by atoms with Crippen molar-refractivity contribution < 1.29 is 14.1 Å². The van der Waals surface area contributed by atoms with Gasteiger partial charge in [-0.3, -0.25) is 9.69 Å². The molecule has 1 fully saturated rings. The van der Waals surface area contributed by atoms with Gasteiger partial charge in [0.2, 0.25) is 5.91 Å². The molecule has 0 spiro atoms. The van der Waals surface area contributed by atoms with Crippen LogP contribution in [0, 0.1) is 6.92 Å². The molecule has 3 rings (SSSR count). The minimum atomic E-state index is -0.0940. The van der Waals surface area contributed by atoms with Crippen molar-refractivity contribution in [3.05, 3.63) is 51.3 Å². The number of hydrogen-bond acceptors (Lipinski definition) is 5. The highest BCUT2D eigenvalue weighted by Gasteiger charge is 2.21. The van der Waals surface area contributed by atoms with Gasteiger partial charge in [0.25, 0.3) is 0 Å². The first kappa shape index (κ1) is 19.2. The smallest absolute Gasteiger partial charge is 0.226 e. The fourth-order valence-corrected chi connectivity index (χ4v) is 3.22. The average molecular weight is 398 g/mol. The van der Waals surface area contributed by atoms with Crippen molar-refractivity contribution in [2.24, 2.45) is 0 Å². The number of amides is 1. The van der Waals surface area contributed by atoms with Crippen molar-refractivity contribution in [2.45, 2.75) is 26.0 Å². The van der Waals surface area contributed by atoms with Crippen LogP contribution in [0.1, 0.15) is 17.0 Å². The Labute approximate surface area is 162 Å². The predicted octanol–water partition coefficient (Wildman–Crippen LogP) is 2.85. The molecule has 0 bridgehead atoms. The first-order chi connectivity index (χ1) is 12.5.